The number of nitrogens with zero attached hydrogens (tertiary/aromatic N) is 3. The molecular formula is C18H16N4. The van der Waals surface area contributed by atoms with Crippen molar-refractivity contribution in [3.63, 3.8) is 0 Å². The summed E-state index contributed by atoms with van der Waals surface area (Å²) in [5.41, 5.74) is 4.13. The topological polar surface area (TPSA) is 50.2 Å². The third-order valence-corrected chi connectivity index (χ3v) is 3.18. The van der Waals surface area contributed by atoms with Crippen molar-refractivity contribution in [2.45, 2.75) is 6.42 Å². The van der Waals surface area contributed by atoms with Crippen molar-refractivity contribution in [1.29, 1.82) is 0 Å². The Morgan fingerprint density at radius 3 is 2.73 bits per heavy atom. The molecule has 1 N–H and O–H groups in total. The molecule has 0 aliphatic carbocycles. The molecule has 0 spiro atoms. The van der Waals surface area contributed by atoms with Crippen molar-refractivity contribution in [2.75, 3.05) is 5.43 Å². The quantitative estimate of drug-likeness (QED) is 0.567. The highest BCUT2D eigenvalue weighted by atomic mass is 15.3. The van der Waals surface area contributed by atoms with Gasteiger partial charge in [0.25, 0.3) is 0 Å². The van der Waals surface area contributed by atoms with Gasteiger partial charge in [-0.05, 0) is 5.56 Å². The van der Waals surface area contributed by atoms with Crippen molar-refractivity contribution in [2.24, 2.45) is 5.10 Å². The maximum atomic E-state index is 4.19. The van der Waals surface area contributed by atoms with E-state index < -0.39 is 0 Å². The zero-order valence-corrected chi connectivity index (χ0v) is 12.1. The molecule has 3 aromatic rings. The summed E-state index contributed by atoms with van der Waals surface area (Å²) >= 11 is 0. The van der Waals surface area contributed by atoms with Gasteiger partial charge >= 0.3 is 0 Å². The van der Waals surface area contributed by atoms with Crippen molar-refractivity contribution in [3.05, 3.63) is 72.4 Å². The molecule has 22 heavy (non-hydrogen) atoms. The van der Waals surface area contributed by atoms with E-state index in [-0.39, 0.29) is 0 Å². The summed E-state index contributed by atoms with van der Waals surface area (Å²) in [6.07, 6.45) is 8.44. The van der Waals surface area contributed by atoms with Gasteiger partial charge in [0, 0.05) is 23.4 Å². The number of hydrogen-bond acceptors (Lipinski definition) is 4. The second-order valence-electron chi connectivity index (χ2n) is 4.75. The van der Waals surface area contributed by atoms with E-state index in [1.165, 1.54) is 5.56 Å². The second kappa shape index (κ2) is 7.13. The number of allylic oxidation sites excluding steroid dienone is 1. The van der Waals surface area contributed by atoms with Gasteiger partial charge in [-0.15, -0.1) is 5.10 Å². The van der Waals surface area contributed by atoms with Gasteiger partial charge in [-0.3, -0.25) is 5.43 Å². The Morgan fingerprint density at radius 1 is 1.00 bits per heavy atom. The summed E-state index contributed by atoms with van der Waals surface area (Å²) in [7, 11) is 0. The number of fused-ring (bicyclic) bond motifs is 1. The van der Waals surface area contributed by atoms with Gasteiger partial charge in [-0.2, -0.15) is 10.2 Å². The fourth-order valence-corrected chi connectivity index (χ4v) is 2.10. The molecule has 4 nitrogen and oxygen atoms in total. The molecule has 4 heteroatoms. The highest BCUT2D eigenvalue weighted by molar-refractivity contribution is 5.90. The first-order valence-corrected chi connectivity index (χ1v) is 7.13. The van der Waals surface area contributed by atoms with Crippen LogP contribution in [0.15, 0.2) is 72.0 Å². The molecular weight excluding hydrogens is 272 g/mol. The first-order valence-electron chi connectivity index (χ1n) is 7.13. The Labute approximate surface area is 129 Å². The van der Waals surface area contributed by atoms with Gasteiger partial charge in [0.05, 0.1) is 6.20 Å². The molecule has 0 unspecified atom stereocenters. The predicted molar refractivity (Wildman–Crippen MR) is 91.7 cm³/mol. The minimum absolute atomic E-state index is 0.668. The molecule has 0 radical (unpaired) electrons. The molecule has 0 amide bonds. The molecule has 0 saturated heterocycles. The molecule has 0 aliphatic rings. The lowest BCUT2D eigenvalue weighted by Crippen LogP contribution is -1.95. The summed E-state index contributed by atoms with van der Waals surface area (Å²) in [6.45, 7) is 0. The van der Waals surface area contributed by atoms with E-state index in [0.717, 1.165) is 17.2 Å². The average Bonchev–Trinajstić information content (AvgIpc) is 2.59. The molecule has 3 rings (SSSR count). The number of hydrogen-bond donors (Lipinski definition) is 1. The Morgan fingerprint density at radius 2 is 1.82 bits per heavy atom. The van der Waals surface area contributed by atoms with Crippen LogP contribution in [-0.2, 0) is 0 Å². The molecule has 0 bridgehead atoms. The summed E-state index contributed by atoms with van der Waals surface area (Å²) in [4.78, 5) is 0. The van der Waals surface area contributed by atoms with Crippen LogP contribution < -0.4 is 5.43 Å². The van der Waals surface area contributed by atoms with Crippen LogP contribution in [-0.4, -0.2) is 16.4 Å². The largest absolute Gasteiger partial charge is 0.260 e. The zero-order chi connectivity index (χ0) is 15.0. The summed E-state index contributed by atoms with van der Waals surface area (Å²) in [5.74, 6) is 0.668. The van der Waals surface area contributed by atoms with Crippen LogP contribution in [0.2, 0.25) is 0 Å². The van der Waals surface area contributed by atoms with Crippen LogP contribution in [0.5, 0.6) is 0 Å². The molecule has 0 fully saturated rings. The third kappa shape index (κ3) is 3.55. The first-order chi connectivity index (χ1) is 10.9. The minimum Gasteiger partial charge on any atom is -0.260 e. The first kappa shape index (κ1) is 13.9. The van der Waals surface area contributed by atoms with Crippen molar-refractivity contribution >= 4 is 28.9 Å². The van der Waals surface area contributed by atoms with E-state index in [1.54, 1.807) is 6.20 Å². The van der Waals surface area contributed by atoms with E-state index in [9.17, 15) is 0 Å². The molecule has 1 heterocycles. The highest BCUT2D eigenvalue weighted by Crippen LogP contribution is 2.18. The monoisotopic (exact) mass is 288 g/mol. The number of aromatic nitrogens is 2. The van der Waals surface area contributed by atoms with E-state index in [4.69, 9.17) is 0 Å². The number of benzene rings is 2. The summed E-state index contributed by atoms with van der Waals surface area (Å²) < 4.78 is 0. The normalized spacial score (nSPS) is 11.5. The number of nitrogens with one attached hydrogen (secondary N) is 1. The number of anilines is 1. The van der Waals surface area contributed by atoms with Crippen molar-refractivity contribution < 1.29 is 0 Å². The predicted octanol–water partition coefficient (Wildman–Crippen LogP) is 4.13. The van der Waals surface area contributed by atoms with E-state index in [2.05, 4.69) is 45.0 Å². The van der Waals surface area contributed by atoms with Crippen LogP contribution in [0.25, 0.3) is 16.8 Å². The smallest absolute Gasteiger partial charge is 0.176 e. The lowest BCUT2D eigenvalue weighted by atomic mass is 10.2. The standard InChI is InChI=1S/C18H16N4/c1-2-8-15(9-3-1)10-6-7-13-19-21-18-17-12-5-4-11-16(17)14-20-22-18/h1-6,8-14H,7H2,(H,21,22). The van der Waals surface area contributed by atoms with Gasteiger partial charge in [0.15, 0.2) is 5.82 Å². The lowest BCUT2D eigenvalue weighted by Gasteiger charge is -2.02. The maximum absolute atomic E-state index is 4.19. The Hall–Kier alpha value is -3.01. The van der Waals surface area contributed by atoms with Crippen LogP contribution in [0, 0.1) is 0 Å². The van der Waals surface area contributed by atoms with Crippen LogP contribution in [0.1, 0.15) is 12.0 Å². The zero-order valence-electron chi connectivity index (χ0n) is 12.1. The third-order valence-electron chi connectivity index (χ3n) is 3.18. The Balaban J connectivity index is 1.59. The average molecular weight is 288 g/mol. The van der Waals surface area contributed by atoms with Gasteiger partial charge in [-0.1, -0.05) is 66.7 Å². The van der Waals surface area contributed by atoms with Crippen molar-refractivity contribution in [3.8, 4) is 0 Å². The molecule has 0 saturated carbocycles. The molecule has 0 atom stereocenters. The van der Waals surface area contributed by atoms with Gasteiger partial charge in [-0.25, -0.2) is 0 Å². The lowest BCUT2D eigenvalue weighted by molar-refractivity contribution is 1.04. The van der Waals surface area contributed by atoms with Crippen LogP contribution >= 0.6 is 0 Å². The molecule has 108 valence electrons. The van der Waals surface area contributed by atoms with E-state index in [0.29, 0.717) is 5.82 Å². The number of rotatable bonds is 5. The molecule has 2 aromatic carbocycles. The van der Waals surface area contributed by atoms with Gasteiger partial charge < -0.3 is 0 Å². The summed E-state index contributed by atoms with van der Waals surface area (Å²) in [6, 6.07) is 18.1. The Kier molecular flexibility index (Phi) is 4.52. The SMILES string of the molecule is C(=Cc1ccccc1)CC=NNc1nncc2ccccc12. The van der Waals surface area contributed by atoms with Gasteiger partial charge in [0.2, 0.25) is 0 Å². The van der Waals surface area contributed by atoms with Crippen LogP contribution in [0.4, 0.5) is 5.82 Å². The highest BCUT2D eigenvalue weighted by Gasteiger charge is 2.00. The second-order valence-corrected chi connectivity index (χ2v) is 4.75. The fraction of sp³-hybridized carbons (Fsp3) is 0.0556. The van der Waals surface area contributed by atoms with Crippen molar-refractivity contribution in [1.82, 2.24) is 10.2 Å². The van der Waals surface area contributed by atoms with E-state index in [1.807, 2.05) is 48.7 Å². The van der Waals surface area contributed by atoms with E-state index >= 15 is 0 Å². The Bertz CT molecular complexity index is 789. The fourth-order valence-electron chi connectivity index (χ4n) is 2.10. The minimum atomic E-state index is 0.668. The van der Waals surface area contributed by atoms with Gasteiger partial charge in [0.1, 0.15) is 0 Å². The summed E-state index contributed by atoms with van der Waals surface area (Å²) in [5, 5.41) is 14.3. The molecule has 1 aromatic heterocycles. The maximum Gasteiger partial charge on any atom is 0.176 e. The number of hydrazone groups is 1. The molecule has 0 aliphatic heterocycles. The van der Waals surface area contributed by atoms with Crippen LogP contribution in [0.3, 0.4) is 0 Å².